The summed E-state index contributed by atoms with van der Waals surface area (Å²) in [5.41, 5.74) is 0.632. The van der Waals surface area contributed by atoms with E-state index in [0.717, 1.165) is 58.3 Å². The van der Waals surface area contributed by atoms with Crippen molar-refractivity contribution in [3.8, 4) is 0 Å². The van der Waals surface area contributed by atoms with Gasteiger partial charge in [-0.2, -0.15) is 0 Å². The molecule has 4 atom stereocenters. The van der Waals surface area contributed by atoms with Gasteiger partial charge in [0.1, 0.15) is 12.2 Å². The third-order valence-electron chi connectivity index (χ3n) is 8.81. The number of methoxy groups -OCH3 is 2. The Balaban J connectivity index is 1.36. The maximum Gasteiger partial charge on any atom is 0.410 e. The molecule has 2 aliphatic carbocycles. The number of carbonyl (C=O) groups excluding carboxylic acids is 2. The molecule has 0 aromatic rings. The molecular weight excluding hydrogens is 524 g/mol. The van der Waals surface area contributed by atoms with Gasteiger partial charge in [-0.05, 0) is 82.9 Å². The van der Waals surface area contributed by atoms with Crippen LogP contribution in [0.25, 0.3) is 0 Å². The second-order valence-corrected chi connectivity index (χ2v) is 12.2. The van der Waals surface area contributed by atoms with Crippen LogP contribution in [0.2, 0.25) is 0 Å². The van der Waals surface area contributed by atoms with E-state index in [-0.39, 0.29) is 48.1 Å². The summed E-state index contributed by atoms with van der Waals surface area (Å²) < 4.78 is 22.6. The van der Waals surface area contributed by atoms with E-state index in [0.29, 0.717) is 44.4 Å². The highest BCUT2D eigenvalue weighted by atomic mass is 16.6. The van der Waals surface area contributed by atoms with Gasteiger partial charge in [-0.25, -0.2) is 4.79 Å². The number of nitrogens with zero attached hydrogens (tertiary/aromatic N) is 2. The molecule has 0 radical (unpaired) electrons. The quantitative estimate of drug-likeness (QED) is 0.287. The number of piperidine rings is 1. The summed E-state index contributed by atoms with van der Waals surface area (Å²) in [5.74, 6) is 0.968. The predicted octanol–water partition coefficient (Wildman–Crippen LogP) is 2.59. The van der Waals surface area contributed by atoms with Crippen LogP contribution in [0.3, 0.4) is 0 Å². The van der Waals surface area contributed by atoms with E-state index < -0.39 is 0 Å². The zero-order chi connectivity index (χ0) is 29.2. The Labute approximate surface area is 246 Å². The van der Waals surface area contributed by atoms with Gasteiger partial charge in [0, 0.05) is 71.3 Å². The minimum Gasteiger partial charge on any atom is -0.449 e. The average Bonchev–Trinajstić information content (AvgIpc) is 3.74. The van der Waals surface area contributed by atoms with E-state index in [1.165, 1.54) is 0 Å². The van der Waals surface area contributed by atoms with Crippen LogP contribution in [0.5, 0.6) is 0 Å². The number of amides is 2. The van der Waals surface area contributed by atoms with Gasteiger partial charge in [0.25, 0.3) is 5.91 Å². The molecule has 2 heterocycles. The average molecular weight is 577 g/mol. The minimum atomic E-state index is -0.321. The van der Waals surface area contributed by atoms with E-state index in [2.05, 4.69) is 24.5 Å². The number of carbonyl (C=O) groups is 2. The van der Waals surface area contributed by atoms with Gasteiger partial charge in [-0.3, -0.25) is 4.79 Å². The fourth-order valence-corrected chi connectivity index (χ4v) is 6.05. The van der Waals surface area contributed by atoms with E-state index >= 15 is 0 Å². The maximum atomic E-state index is 13.8. The fourth-order valence-electron chi connectivity index (χ4n) is 6.05. The molecule has 2 unspecified atom stereocenters. The lowest BCUT2D eigenvalue weighted by molar-refractivity contribution is -0.129. The number of rotatable bonds is 15. The third-order valence-corrected chi connectivity index (χ3v) is 8.81. The molecule has 232 valence electrons. The molecule has 41 heavy (non-hydrogen) atoms. The van der Waals surface area contributed by atoms with E-state index in [4.69, 9.17) is 18.9 Å². The van der Waals surface area contributed by atoms with E-state index in [9.17, 15) is 9.59 Å². The smallest absolute Gasteiger partial charge is 0.410 e. The number of nitrogens with one attached hydrogen (secondary N) is 2. The Morgan fingerprint density at radius 2 is 1.71 bits per heavy atom. The Kier molecular flexibility index (Phi) is 12.5. The van der Waals surface area contributed by atoms with Crippen LogP contribution in [-0.4, -0.2) is 119 Å². The summed E-state index contributed by atoms with van der Waals surface area (Å²) >= 11 is 0. The largest absolute Gasteiger partial charge is 0.449 e. The van der Waals surface area contributed by atoms with E-state index in [1.807, 2.05) is 28.0 Å². The first kappa shape index (κ1) is 31.9. The Morgan fingerprint density at radius 3 is 2.37 bits per heavy atom. The second kappa shape index (κ2) is 16.0. The topological polar surface area (TPSA) is 102 Å². The highest BCUT2D eigenvalue weighted by Crippen LogP contribution is 2.31. The van der Waals surface area contributed by atoms with Gasteiger partial charge in [-0.15, -0.1) is 0 Å². The first-order valence-electron chi connectivity index (χ1n) is 15.6. The molecular formula is C31H52N4O6. The van der Waals surface area contributed by atoms with Crippen LogP contribution < -0.4 is 10.6 Å². The minimum absolute atomic E-state index is 0.00220. The van der Waals surface area contributed by atoms with E-state index in [1.54, 1.807) is 14.2 Å². The van der Waals surface area contributed by atoms with Gasteiger partial charge in [0.15, 0.2) is 0 Å². The Bertz CT molecular complexity index is 901. The molecule has 2 N–H and O–H groups in total. The van der Waals surface area contributed by atoms with Gasteiger partial charge >= 0.3 is 6.09 Å². The van der Waals surface area contributed by atoms with Crippen LogP contribution in [-0.2, 0) is 23.7 Å². The monoisotopic (exact) mass is 576 g/mol. The predicted molar refractivity (Wildman–Crippen MR) is 158 cm³/mol. The molecule has 3 fully saturated rings. The first-order valence-corrected chi connectivity index (χ1v) is 15.6. The fraction of sp³-hybridized carbons (Fsp3) is 0.806. The lowest BCUT2D eigenvalue weighted by Gasteiger charge is -2.34. The van der Waals surface area contributed by atoms with Crippen LogP contribution in [0.4, 0.5) is 4.79 Å². The van der Waals surface area contributed by atoms with Crippen molar-refractivity contribution < 1.29 is 28.5 Å². The van der Waals surface area contributed by atoms with Crippen LogP contribution in [0.15, 0.2) is 23.8 Å². The van der Waals surface area contributed by atoms with Crippen molar-refractivity contribution in [3.05, 3.63) is 23.8 Å². The summed E-state index contributed by atoms with van der Waals surface area (Å²) in [5, 5.41) is 6.90. The molecule has 10 heteroatoms. The molecule has 0 spiro atoms. The summed E-state index contributed by atoms with van der Waals surface area (Å²) in [6.45, 7) is 10.8. The normalized spacial score (nSPS) is 26.7. The Morgan fingerprint density at radius 1 is 0.976 bits per heavy atom. The SMILES string of the molecule is COCCCOC1C=C(C(=O)N(C[C@@H]2CNC[C@H]2CN(C(=O)OCC2CCNCC2)C2CC2)C(C)C)C=CC1OC. The van der Waals surface area contributed by atoms with Gasteiger partial charge in [0.2, 0.25) is 0 Å². The third kappa shape index (κ3) is 9.25. The molecule has 1 saturated carbocycles. The molecule has 2 amide bonds. The lowest BCUT2D eigenvalue weighted by Crippen LogP contribution is -2.46. The van der Waals surface area contributed by atoms with Crippen LogP contribution in [0, 0.1) is 17.8 Å². The van der Waals surface area contributed by atoms with Crippen molar-refractivity contribution >= 4 is 12.0 Å². The van der Waals surface area contributed by atoms with Crippen molar-refractivity contribution in [1.29, 1.82) is 0 Å². The highest BCUT2D eigenvalue weighted by Gasteiger charge is 2.39. The van der Waals surface area contributed by atoms with Crippen molar-refractivity contribution in [1.82, 2.24) is 20.4 Å². The first-order chi connectivity index (χ1) is 19.9. The Hall–Kier alpha value is -1.98. The molecule has 2 saturated heterocycles. The highest BCUT2D eigenvalue weighted by molar-refractivity contribution is 5.96. The molecule has 0 aromatic heterocycles. The summed E-state index contributed by atoms with van der Waals surface area (Å²) in [4.78, 5) is 30.9. The maximum absolute atomic E-state index is 13.8. The van der Waals surface area contributed by atoms with Crippen LogP contribution >= 0.6 is 0 Å². The summed E-state index contributed by atoms with van der Waals surface area (Å²) in [6, 6.07) is 0.320. The van der Waals surface area contributed by atoms with Crippen LogP contribution in [0.1, 0.15) is 46.0 Å². The zero-order valence-electron chi connectivity index (χ0n) is 25.5. The van der Waals surface area contributed by atoms with Crippen molar-refractivity contribution in [2.24, 2.45) is 17.8 Å². The number of hydrogen-bond donors (Lipinski definition) is 2. The number of ether oxygens (including phenoxy) is 4. The van der Waals surface area contributed by atoms with Crippen molar-refractivity contribution in [3.63, 3.8) is 0 Å². The lowest BCUT2D eigenvalue weighted by atomic mass is 9.93. The van der Waals surface area contributed by atoms with Gasteiger partial charge < -0.3 is 39.4 Å². The molecule has 0 aromatic carbocycles. The molecule has 10 nitrogen and oxygen atoms in total. The molecule has 0 bridgehead atoms. The summed E-state index contributed by atoms with van der Waals surface area (Å²) in [6.07, 6.45) is 9.93. The molecule has 2 aliphatic heterocycles. The number of hydrogen-bond acceptors (Lipinski definition) is 8. The molecule has 4 rings (SSSR count). The van der Waals surface area contributed by atoms with Gasteiger partial charge in [-0.1, -0.05) is 12.2 Å². The van der Waals surface area contributed by atoms with Gasteiger partial charge in [0.05, 0.1) is 6.61 Å². The summed E-state index contributed by atoms with van der Waals surface area (Å²) in [7, 11) is 3.33. The zero-order valence-corrected chi connectivity index (χ0v) is 25.5. The second-order valence-electron chi connectivity index (χ2n) is 12.2. The molecule has 4 aliphatic rings. The van der Waals surface area contributed by atoms with Crippen molar-refractivity contribution in [2.75, 3.05) is 73.3 Å². The van der Waals surface area contributed by atoms with Crippen molar-refractivity contribution in [2.45, 2.75) is 70.2 Å². The standard InChI is InChI=1S/C31H52N4O6/c1-22(2)34(30(36)24-6-9-28(39-4)29(16-24)40-15-5-14-38-3)19-25-17-33-18-26(25)20-35(27-7-8-27)31(37)41-21-23-10-12-32-13-11-23/h6,9,16,22-23,25-29,32-33H,5,7-8,10-15,17-21H2,1-4H3/t25-,26-,28?,29?/m0/s1.